The molecule has 2 aromatic rings. The first-order chi connectivity index (χ1) is 13.5. The second kappa shape index (κ2) is 8.56. The first-order valence-corrected chi connectivity index (χ1v) is 9.63. The molecule has 2 aromatic carbocycles. The van der Waals surface area contributed by atoms with Gasteiger partial charge in [-0.15, -0.1) is 0 Å². The third kappa shape index (κ3) is 4.89. The first kappa shape index (κ1) is 22.3. The molecule has 1 unspecified atom stereocenters. The Kier molecular flexibility index (Phi) is 6.58. The van der Waals surface area contributed by atoms with Crippen molar-refractivity contribution < 1.29 is 14.6 Å². The smallest absolute Gasteiger partial charge is 0.405 e. The van der Waals surface area contributed by atoms with Gasteiger partial charge in [0, 0.05) is 11.0 Å². The highest BCUT2D eigenvalue weighted by Crippen LogP contribution is 2.37. The predicted molar refractivity (Wildman–Crippen MR) is 120 cm³/mol. The van der Waals surface area contributed by atoms with Crippen molar-refractivity contribution in [2.24, 2.45) is 0 Å². The van der Waals surface area contributed by atoms with Gasteiger partial charge in [-0.25, -0.2) is 4.79 Å². The Morgan fingerprint density at radius 3 is 2.28 bits per heavy atom. The molecule has 29 heavy (non-hydrogen) atoms. The van der Waals surface area contributed by atoms with Crippen LogP contribution < -0.4 is 10.1 Å². The number of rotatable bonds is 8. The number of carboxylic acid groups (broad SMARTS) is 1. The second-order valence-electron chi connectivity index (χ2n) is 8.31. The number of nitrogens with one attached hydrogen (secondary N) is 1. The Balaban J connectivity index is 2.43. The predicted octanol–water partition coefficient (Wildman–Crippen LogP) is 6.14. The van der Waals surface area contributed by atoms with Crippen molar-refractivity contribution in [3.63, 3.8) is 0 Å². The van der Waals surface area contributed by atoms with Crippen molar-refractivity contribution in [3.05, 3.63) is 78.4 Å². The van der Waals surface area contributed by atoms with Crippen molar-refractivity contribution in [1.29, 1.82) is 0 Å². The quantitative estimate of drug-likeness (QED) is 0.567. The summed E-state index contributed by atoms with van der Waals surface area (Å²) >= 11 is 0. The fraction of sp³-hybridized carbons (Fsp3) is 0.320. The van der Waals surface area contributed by atoms with E-state index in [1.807, 2.05) is 77.1 Å². The summed E-state index contributed by atoms with van der Waals surface area (Å²) in [4.78, 5) is 11.7. The number of hydrogen-bond donors (Lipinski definition) is 2. The molecule has 2 N–H and O–H groups in total. The molecule has 0 radical (unpaired) electrons. The van der Waals surface area contributed by atoms with Crippen LogP contribution in [0.15, 0.2) is 61.7 Å². The lowest BCUT2D eigenvalue weighted by Crippen LogP contribution is -2.61. The summed E-state index contributed by atoms with van der Waals surface area (Å²) in [7, 11) is 0. The molecule has 1 amide bonds. The summed E-state index contributed by atoms with van der Waals surface area (Å²) in [6.07, 6.45) is -1.09. The van der Waals surface area contributed by atoms with Crippen LogP contribution in [-0.4, -0.2) is 23.3 Å². The standard InChI is InChI=1S/C25H31NO3/c1-17(2)19-11-10-12-20(15-19)24(5,6)25(7,26-23(27)28)16-29-22-14-9-8-13-21(22)18(3)4/h8-15,26H,1,3,16H2,2,4-7H3,(H,27,28). The highest BCUT2D eigenvalue weighted by atomic mass is 16.5. The molecule has 0 aromatic heterocycles. The van der Waals surface area contributed by atoms with Gasteiger partial charge in [0.1, 0.15) is 12.4 Å². The van der Waals surface area contributed by atoms with E-state index in [9.17, 15) is 9.90 Å². The Morgan fingerprint density at radius 2 is 1.69 bits per heavy atom. The minimum Gasteiger partial charge on any atom is -0.490 e. The first-order valence-electron chi connectivity index (χ1n) is 9.63. The molecule has 4 heteroatoms. The molecule has 2 rings (SSSR count). The fourth-order valence-corrected chi connectivity index (χ4v) is 3.27. The van der Waals surface area contributed by atoms with E-state index in [0.29, 0.717) is 5.75 Å². The van der Waals surface area contributed by atoms with E-state index in [2.05, 4.69) is 24.5 Å². The lowest BCUT2D eigenvalue weighted by Gasteiger charge is -2.44. The average Bonchev–Trinajstić information content (AvgIpc) is 2.66. The van der Waals surface area contributed by atoms with E-state index < -0.39 is 17.0 Å². The third-order valence-corrected chi connectivity index (χ3v) is 5.70. The fourth-order valence-electron chi connectivity index (χ4n) is 3.27. The normalized spacial score (nSPS) is 13.3. The van der Waals surface area contributed by atoms with Gasteiger partial charge in [0.25, 0.3) is 0 Å². The number of allylic oxidation sites excluding steroid dienone is 2. The number of benzene rings is 2. The molecule has 0 aliphatic carbocycles. The van der Waals surface area contributed by atoms with Crippen LogP contribution in [0.3, 0.4) is 0 Å². The van der Waals surface area contributed by atoms with E-state index >= 15 is 0 Å². The summed E-state index contributed by atoms with van der Waals surface area (Å²) in [6.45, 7) is 18.0. The van der Waals surface area contributed by atoms with Gasteiger partial charge in [-0.3, -0.25) is 0 Å². The zero-order valence-corrected chi connectivity index (χ0v) is 18.0. The molecular weight excluding hydrogens is 362 g/mol. The summed E-state index contributed by atoms with van der Waals surface area (Å²) in [5.41, 5.74) is 3.34. The molecule has 154 valence electrons. The van der Waals surface area contributed by atoms with E-state index in [4.69, 9.17) is 4.74 Å². The largest absolute Gasteiger partial charge is 0.490 e. The van der Waals surface area contributed by atoms with Crippen LogP contribution in [0.4, 0.5) is 4.79 Å². The van der Waals surface area contributed by atoms with Crippen molar-refractivity contribution >= 4 is 17.2 Å². The molecule has 0 aliphatic rings. The van der Waals surface area contributed by atoms with Gasteiger partial charge >= 0.3 is 6.09 Å². The minimum atomic E-state index is -1.09. The molecule has 0 saturated heterocycles. The van der Waals surface area contributed by atoms with Crippen LogP contribution in [0.2, 0.25) is 0 Å². The van der Waals surface area contributed by atoms with Crippen LogP contribution in [-0.2, 0) is 5.41 Å². The lowest BCUT2D eigenvalue weighted by molar-refractivity contribution is 0.112. The summed E-state index contributed by atoms with van der Waals surface area (Å²) in [5.74, 6) is 0.685. The van der Waals surface area contributed by atoms with Gasteiger partial charge < -0.3 is 15.2 Å². The number of carbonyl (C=O) groups is 1. The van der Waals surface area contributed by atoms with Crippen molar-refractivity contribution in [1.82, 2.24) is 5.32 Å². The van der Waals surface area contributed by atoms with Gasteiger partial charge in [0.15, 0.2) is 0 Å². The molecule has 0 saturated carbocycles. The van der Waals surface area contributed by atoms with E-state index in [-0.39, 0.29) is 6.61 Å². The Morgan fingerprint density at radius 1 is 1.03 bits per heavy atom. The molecule has 1 atom stereocenters. The minimum absolute atomic E-state index is 0.161. The lowest BCUT2D eigenvalue weighted by atomic mass is 9.68. The van der Waals surface area contributed by atoms with Crippen LogP contribution in [0, 0.1) is 0 Å². The maximum Gasteiger partial charge on any atom is 0.405 e. The maximum absolute atomic E-state index is 11.7. The summed E-state index contributed by atoms with van der Waals surface area (Å²) < 4.78 is 6.15. The molecule has 0 heterocycles. The molecular formula is C25H31NO3. The van der Waals surface area contributed by atoms with Crippen LogP contribution >= 0.6 is 0 Å². The van der Waals surface area contributed by atoms with E-state index in [1.54, 1.807) is 0 Å². The van der Waals surface area contributed by atoms with Gasteiger partial charge in [-0.1, -0.05) is 75.0 Å². The van der Waals surface area contributed by atoms with Crippen LogP contribution in [0.5, 0.6) is 5.75 Å². The van der Waals surface area contributed by atoms with Gasteiger partial charge in [-0.2, -0.15) is 0 Å². The summed E-state index contributed by atoms with van der Waals surface area (Å²) in [6, 6.07) is 15.7. The maximum atomic E-state index is 11.7. The Hall–Kier alpha value is -3.01. The molecule has 0 fully saturated rings. The highest BCUT2D eigenvalue weighted by molar-refractivity contribution is 5.68. The Labute approximate surface area is 173 Å². The third-order valence-electron chi connectivity index (χ3n) is 5.70. The molecule has 4 nitrogen and oxygen atoms in total. The van der Waals surface area contributed by atoms with Gasteiger partial charge in [-0.05, 0) is 43.5 Å². The van der Waals surface area contributed by atoms with Gasteiger partial charge in [0.2, 0.25) is 0 Å². The molecule has 0 bridgehead atoms. The van der Waals surface area contributed by atoms with Gasteiger partial charge in [0.05, 0.1) is 5.54 Å². The zero-order valence-electron chi connectivity index (χ0n) is 18.0. The van der Waals surface area contributed by atoms with E-state index in [0.717, 1.165) is 27.8 Å². The highest BCUT2D eigenvalue weighted by Gasteiger charge is 2.44. The van der Waals surface area contributed by atoms with Crippen LogP contribution in [0.25, 0.3) is 11.1 Å². The van der Waals surface area contributed by atoms with Crippen molar-refractivity contribution in [3.8, 4) is 5.75 Å². The summed E-state index contributed by atoms with van der Waals surface area (Å²) in [5, 5.41) is 12.3. The number of para-hydroxylation sites is 1. The molecule has 0 spiro atoms. The number of ether oxygens (including phenoxy) is 1. The SMILES string of the molecule is C=C(C)c1cccc(C(C)(C)C(C)(COc2ccccc2C(=C)C)NC(=O)O)c1. The topological polar surface area (TPSA) is 58.6 Å². The van der Waals surface area contributed by atoms with Crippen molar-refractivity contribution in [2.45, 2.75) is 45.6 Å². The average molecular weight is 394 g/mol. The number of hydrogen-bond acceptors (Lipinski definition) is 2. The Bertz CT molecular complexity index is 929. The van der Waals surface area contributed by atoms with Crippen LogP contribution in [0.1, 0.15) is 51.3 Å². The van der Waals surface area contributed by atoms with Crippen molar-refractivity contribution in [2.75, 3.05) is 6.61 Å². The number of amides is 1. The zero-order chi connectivity index (χ0) is 21.8. The van der Waals surface area contributed by atoms with E-state index in [1.165, 1.54) is 0 Å². The monoisotopic (exact) mass is 393 g/mol. The molecule has 0 aliphatic heterocycles. The second-order valence-corrected chi connectivity index (χ2v) is 8.31.